The van der Waals surface area contributed by atoms with E-state index < -0.39 is 11.7 Å². The van der Waals surface area contributed by atoms with Gasteiger partial charge in [-0.2, -0.15) is 5.10 Å². The summed E-state index contributed by atoms with van der Waals surface area (Å²) in [5.74, 6) is -2.12. The molecular formula is C21H22N2O3. The van der Waals surface area contributed by atoms with Crippen LogP contribution in [0.15, 0.2) is 30.3 Å². The third-order valence-electron chi connectivity index (χ3n) is 5.38. The van der Waals surface area contributed by atoms with E-state index in [0.29, 0.717) is 5.69 Å². The summed E-state index contributed by atoms with van der Waals surface area (Å²) >= 11 is 0. The predicted octanol–water partition coefficient (Wildman–Crippen LogP) is 3.12. The average molecular weight is 350 g/mol. The topological polar surface area (TPSA) is 69.0 Å². The smallest absolute Gasteiger partial charge is 0.201 e. The monoisotopic (exact) mass is 350 g/mol. The highest BCUT2D eigenvalue weighted by Crippen LogP contribution is 2.36. The van der Waals surface area contributed by atoms with Gasteiger partial charge >= 0.3 is 0 Å². The Morgan fingerprint density at radius 3 is 2.38 bits per heavy atom. The van der Waals surface area contributed by atoms with Crippen LogP contribution in [0.3, 0.4) is 0 Å². The third kappa shape index (κ3) is 2.71. The quantitative estimate of drug-likeness (QED) is 0.630. The molecule has 0 saturated heterocycles. The third-order valence-corrected chi connectivity index (χ3v) is 5.38. The number of carbonyl (C=O) groups excluding carboxylic acids is 3. The van der Waals surface area contributed by atoms with Crippen LogP contribution in [0.4, 0.5) is 0 Å². The lowest BCUT2D eigenvalue weighted by atomic mass is 9.70. The van der Waals surface area contributed by atoms with E-state index in [1.807, 2.05) is 44.2 Å². The molecule has 2 aromatic rings. The Bertz CT molecular complexity index is 889. The molecule has 0 bridgehead atoms. The molecule has 1 saturated carbocycles. The van der Waals surface area contributed by atoms with Crippen molar-refractivity contribution in [2.75, 3.05) is 0 Å². The van der Waals surface area contributed by atoms with E-state index in [1.165, 1.54) is 0 Å². The van der Waals surface area contributed by atoms with E-state index in [2.05, 4.69) is 5.10 Å². The molecule has 1 aromatic carbocycles. The van der Waals surface area contributed by atoms with E-state index in [-0.39, 0.29) is 29.8 Å². The summed E-state index contributed by atoms with van der Waals surface area (Å²) in [6.07, 6.45) is 3.10. The van der Waals surface area contributed by atoms with Gasteiger partial charge in [-0.15, -0.1) is 0 Å². The van der Waals surface area contributed by atoms with Gasteiger partial charge in [-0.1, -0.05) is 32.0 Å². The Labute approximate surface area is 152 Å². The maximum Gasteiger partial charge on any atom is 0.201 e. The SMILES string of the molecule is CC1(C)CC(=O)C(C(=O)c2nn(-c3ccccc3)c3c2CCC3)C(=O)C1. The lowest BCUT2D eigenvalue weighted by molar-refractivity contribution is -0.137. The number of carbonyl (C=O) groups is 3. The largest absolute Gasteiger partial charge is 0.298 e. The first-order valence-electron chi connectivity index (χ1n) is 9.13. The van der Waals surface area contributed by atoms with Gasteiger partial charge in [0.05, 0.1) is 5.69 Å². The molecule has 1 fully saturated rings. The van der Waals surface area contributed by atoms with Crippen LogP contribution in [0, 0.1) is 11.3 Å². The van der Waals surface area contributed by atoms with Crippen LogP contribution in [0.25, 0.3) is 5.69 Å². The average Bonchev–Trinajstić information content (AvgIpc) is 3.15. The zero-order valence-electron chi connectivity index (χ0n) is 15.1. The van der Waals surface area contributed by atoms with Crippen LogP contribution in [-0.4, -0.2) is 27.1 Å². The lowest BCUT2D eigenvalue weighted by Crippen LogP contribution is -2.42. The summed E-state index contributed by atoms with van der Waals surface area (Å²) in [6, 6.07) is 9.67. The number of benzene rings is 1. The first-order chi connectivity index (χ1) is 12.4. The van der Waals surface area contributed by atoms with Gasteiger partial charge < -0.3 is 0 Å². The molecule has 1 aromatic heterocycles. The molecule has 0 amide bonds. The van der Waals surface area contributed by atoms with Crippen molar-refractivity contribution in [3.63, 3.8) is 0 Å². The Kier molecular flexibility index (Phi) is 3.90. The Hall–Kier alpha value is -2.56. The van der Waals surface area contributed by atoms with E-state index in [0.717, 1.165) is 36.2 Å². The Morgan fingerprint density at radius 2 is 1.73 bits per heavy atom. The molecule has 4 rings (SSSR count). The molecule has 134 valence electrons. The summed E-state index contributed by atoms with van der Waals surface area (Å²) in [4.78, 5) is 38.2. The standard InChI is InChI=1S/C21H22N2O3/c1-21(2)11-16(24)18(17(25)12-21)20(26)19-14-9-6-10-15(14)23(22-19)13-7-4-3-5-8-13/h3-5,7-8,18H,6,9-12H2,1-2H3. The fraction of sp³-hybridized carbons (Fsp3) is 0.429. The minimum atomic E-state index is -1.17. The number of Topliss-reactive ketones (excluding diaryl/α,β-unsaturated/α-hetero) is 3. The van der Waals surface area contributed by atoms with E-state index in [4.69, 9.17) is 0 Å². The second-order valence-electron chi connectivity index (χ2n) is 8.12. The molecular weight excluding hydrogens is 328 g/mol. The maximum absolute atomic E-state index is 13.1. The maximum atomic E-state index is 13.1. The second-order valence-corrected chi connectivity index (χ2v) is 8.12. The molecule has 0 radical (unpaired) electrons. The molecule has 0 aliphatic heterocycles. The number of hydrogen-bond acceptors (Lipinski definition) is 4. The fourth-order valence-corrected chi connectivity index (χ4v) is 4.24. The number of hydrogen-bond donors (Lipinski definition) is 0. The number of para-hydroxylation sites is 1. The van der Waals surface area contributed by atoms with Gasteiger partial charge in [0.1, 0.15) is 11.6 Å². The first kappa shape index (κ1) is 16.9. The van der Waals surface area contributed by atoms with Gasteiger partial charge in [-0.3, -0.25) is 14.4 Å². The highest BCUT2D eigenvalue weighted by atomic mass is 16.2. The van der Waals surface area contributed by atoms with Crippen molar-refractivity contribution in [2.45, 2.75) is 46.0 Å². The van der Waals surface area contributed by atoms with Gasteiger partial charge in [-0.25, -0.2) is 4.68 Å². The van der Waals surface area contributed by atoms with Crippen molar-refractivity contribution in [1.82, 2.24) is 9.78 Å². The van der Waals surface area contributed by atoms with Crippen molar-refractivity contribution in [3.8, 4) is 5.69 Å². The molecule has 5 nitrogen and oxygen atoms in total. The molecule has 26 heavy (non-hydrogen) atoms. The van der Waals surface area contributed by atoms with Crippen molar-refractivity contribution < 1.29 is 14.4 Å². The van der Waals surface area contributed by atoms with Crippen molar-refractivity contribution in [3.05, 3.63) is 47.3 Å². The summed E-state index contributed by atoms with van der Waals surface area (Å²) in [5.41, 5.74) is 2.77. The molecule has 2 aliphatic rings. The van der Waals surface area contributed by atoms with Crippen LogP contribution in [0.5, 0.6) is 0 Å². The second kappa shape index (κ2) is 6.01. The highest BCUT2D eigenvalue weighted by Gasteiger charge is 2.45. The number of rotatable bonds is 3. The van der Waals surface area contributed by atoms with Crippen LogP contribution >= 0.6 is 0 Å². The van der Waals surface area contributed by atoms with Crippen molar-refractivity contribution in [2.24, 2.45) is 11.3 Å². The van der Waals surface area contributed by atoms with Crippen molar-refractivity contribution >= 4 is 17.3 Å². The highest BCUT2D eigenvalue weighted by molar-refractivity contribution is 6.25. The number of ketones is 3. The number of nitrogens with zero attached hydrogens (tertiary/aromatic N) is 2. The summed E-state index contributed by atoms with van der Waals surface area (Å²) in [5, 5.41) is 4.55. The van der Waals surface area contributed by atoms with Gasteiger partial charge in [0.25, 0.3) is 0 Å². The first-order valence-corrected chi connectivity index (χ1v) is 9.13. The lowest BCUT2D eigenvalue weighted by Gasteiger charge is -2.31. The summed E-state index contributed by atoms with van der Waals surface area (Å²) < 4.78 is 1.80. The molecule has 0 unspecified atom stereocenters. The van der Waals surface area contributed by atoms with Crippen LogP contribution in [-0.2, 0) is 22.4 Å². The van der Waals surface area contributed by atoms with Crippen LogP contribution < -0.4 is 0 Å². The zero-order chi connectivity index (χ0) is 18.5. The van der Waals surface area contributed by atoms with Gasteiger partial charge in [0, 0.05) is 24.1 Å². The number of aromatic nitrogens is 2. The van der Waals surface area contributed by atoms with E-state index >= 15 is 0 Å². The summed E-state index contributed by atoms with van der Waals surface area (Å²) in [6.45, 7) is 3.79. The fourth-order valence-electron chi connectivity index (χ4n) is 4.24. The summed E-state index contributed by atoms with van der Waals surface area (Å²) in [7, 11) is 0. The minimum Gasteiger partial charge on any atom is -0.298 e. The predicted molar refractivity (Wildman–Crippen MR) is 96.4 cm³/mol. The molecule has 0 atom stereocenters. The normalized spacial score (nSPS) is 19.6. The van der Waals surface area contributed by atoms with Gasteiger partial charge in [0.2, 0.25) is 5.78 Å². The Balaban J connectivity index is 1.74. The molecule has 0 spiro atoms. The van der Waals surface area contributed by atoms with E-state index in [1.54, 1.807) is 4.68 Å². The molecule has 0 N–H and O–H groups in total. The van der Waals surface area contributed by atoms with E-state index in [9.17, 15) is 14.4 Å². The zero-order valence-corrected chi connectivity index (χ0v) is 15.1. The number of fused-ring (bicyclic) bond motifs is 1. The molecule has 5 heteroatoms. The minimum absolute atomic E-state index is 0.261. The molecule has 2 aliphatic carbocycles. The van der Waals surface area contributed by atoms with Gasteiger partial charge in [-0.05, 0) is 36.8 Å². The van der Waals surface area contributed by atoms with Crippen LogP contribution in [0.1, 0.15) is 54.9 Å². The Morgan fingerprint density at radius 1 is 1.08 bits per heavy atom. The molecule has 1 heterocycles. The van der Waals surface area contributed by atoms with Crippen molar-refractivity contribution in [1.29, 1.82) is 0 Å². The van der Waals surface area contributed by atoms with Crippen LogP contribution in [0.2, 0.25) is 0 Å². The van der Waals surface area contributed by atoms with Gasteiger partial charge in [0.15, 0.2) is 11.6 Å².